The number of rotatable bonds is 12. The summed E-state index contributed by atoms with van der Waals surface area (Å²) in [5, 5.41) is 11.4. The molecule has 0 saturated heterocycles. The molecule has 0 bridgehead atoms. The molecule has 13 nitrogen and oxygen atoms in total. The summed E-state index contributed by atoms with van der Waals surface area (Å²) < 4.78 is 37.7. The molecule has 0 radical (unpaired) electrons. The Labute approximate surface area is 236 Å². The molecule has 0 unspecified atom stereocenters. The van der Waals surface area contributed by atoms with E-state index in [1.165, 1.54) is 45.4 Å². The molecule has 0 aliphatic carbocycles. The Hall–Kier alpha value is -4.69. The lowest BCUT2D eigenvalue weighted by Crippen LogP contribution is -2.31. The van der Waals surface area contributed by atoms with Crippen molar-refractivity contribution in [1.82, 2.24) is 24.8 Å². The lowest BCUT2D eigenvalue weighted by Gasteiger charge is -2.17. The van der Waals surface area contributed by atoms with E-state index in [-0.39, 0.29) is 76.1 Å². The first-order valence-corrected chi connectivity index (χ1v) is 12.4. The molecule has 2 aromatic carbocycles. The first kappa shape index (κ1) is 29.3. The van der Waals surface area contributed by atoms with Gasteiger partial charge in [-0.15, -0.1) is 0 Å². The van der Waals surface area contributed by atoms with E-state index >= 15 is 0 Å². The SMILES string of the molecule is COc1cccc(F)c1COc1cc(-n2c(=O)[nH]c3c(OC)nc(C(C)=O)nc32)c(Cl)cc1OCC(=O)NCCO. The summed E-state index contributed by atoms with van der Waals surface area (Å²) in [6, 6.07) is 6.92. The maximum absolute atomic E-state index is 14.6. The lowest BCUT2D eigenvalue weighted by molar-refractivity contribution is -0.123. The van der Waals surface area contributed by atoms with Crippen LogP contribution in [0.1, 0.15) is 23.1 Å². The topological polar surface area (TPSA) is 167 Å². The van der Waals surface area contributed by atoms with Crippen LogP contribution in [0.2, 0.25) is 5.02 Å². The second-order valence-corrected chi connectivity index (χ2v) is 8.81. The van der Waals surface area contributed by atoms with Gasteiger partial charge in [-0.1, -0.05) is 17.7 Å². The Kier molecular flexibility index (Phi) is 9.04. The van der Waals surface area contributed by atoms with Crippen LogP contribution in [-0.2, 0) is 11.4 Å². The molecule has 4 rings (SSSR count). The van der Waals surface area contributed by atoms with Crippen molar-refractivity contribution in [2.24, 2.45) is 0 Å². The molecule has 4 aromatic rings. The summed E-state index contributed by atoms with van der Waals surface area (Å²) in [6.07, 6.45) is 0. The van der Waals surface area contributed by atoms with Crippen LogP contribution in [0, 0.1) is 5.82 Å². The van der Waals surface area contributed by atoms with Gasteiger partial charge in [-0.05, 0) is 12.1 Å². The standard InChI is InChI=1S/C26H25ClFN5O8/c1-13(35)23-31-24-22(25(32-23)39-3)30-26(37)33(24)17-10-20(40-11-14-16(28)5-4-6-18(14)38-2)19(9-15(17)27)41-12-21(36)29-7-8-34/h4-6,9-10,34H,7-8,11-12H2,1-3H3,(H,29,36)(H,30,37). The van der Waals surface area contributed by atoms with Crippen LogP contribution in [0.25, 0.3) is 16.9 Å². The highest BCUT2D eigenvalue weighted by Crippen LogP contribution is 2.37. The van der Waals surface area contributed by atoms with Gasteiger partial charge in [-0.2, -0.15) is 4.98 Å². The van der Waals surface area contributed by atoms with Gasteiger partial charge in [0.15, 0.2) is 29.5 Å². The smallest absolute Gasteiger partial charge is 0.332 e. The van der Waals surface area contributed by atoms with Crippen molar-refractivity contribution in [3.8, 4) is 28.8 Å². The van der Waals surface area contributed by atoms with Crippen molar-refractivity contribution < 1.29 is 38.0 Å². The average molecular weight is 590 g/mol. The van der Waals surface area contributed by atoms with Crippen LogP contribution in [0.4, 0.5) is 4.39 Å². The van der Waals surface area contributed by atoms with Gasteiger partial charge >= 0.3 is 5.69 Å². The summed E-state index contributed by atoms with van der Waals surface area (Å²) in [5.74, 6) is -1.61. The van der Waals surface area contributed by atoms with Gasteiger partial charge < -0.3 is 29.4 Å². The number of aromatic amines is 1. The number of imidazole rings is 1. The van der Waals surface area contributed by atoms with E-state index in [9.17, 15) is 18.8 Å². The molecule has 3 N–H and O–H groups in total. The molecule has 41 heavy (non-hydrogen) atoms. The van der Waals surface area contributed by atoms with Crippen molar-refractivity contribution in [3.63, 3.8) is 0 Å². The number of Topliss-reactive ketones (excluding diaryl/α,β-unsaturated/α-hetero) is 1. The number of ether oxygens (including phenoxy) is 4. The Morgan fingerprint density at radius 3 is 2.56 bits per heavy atom. The third-order valence-electron chi connectivity index (χ3n) is 5.73. The molecule has 1 amide bonds. The van der Waals surface area contributed by atoms with E-state index < -0.39 is 29.8 Å². The Balaban J connectivity index is 1.83. The van der Waals surface area contributed by atoms with Crippen LogP contribution >= 0.6 is 11.6 Å². The number of fused-ring (bicyclic) bond motifs is 1. The van der Waals surface area contributed by atoms with Crippen molar-refractivity contribution >= 4 is 34.5 Å². The summed E-state index contributed by atoms with van der Waals surface area (Å²) in [5.41, 5.74) is -0.420. The van der Waals surface area contributed by atoms with Crippen LogP contribution < -0.4 is 30.0 Å². The Morgan fingerprint density at radius 2 is 1.88 bits per heavy atom. The van der Waals surface area contributed by atoms with Gasteiger partial charge in [0.1, 0.15) is 23.7 Å². The van der Waals surface area contributed by atoms with E-state index in [0.29, 0.717) is 0 Å². The number of methoxy groups -OCH3 is 2. The quantitative estimate of drug-likeness (QED) is 0.208. The third-order valence-corrected chi connectivity index (χ3v) is 6.03. The number of aliphatic hydroxyl groups is 1. The molecule has 0 fully saturated rings. The van der Waals surface area contributed by atoms with Crippen molar-refractivity contribution in [3.05, 3.63) is 63.0 Å². The fraction of sp³-hybridized carbons (Fsp3) is 0.269. The van der Waals surface area contributed by atoms with E-state index in [4.69, 9.17) is 35.7 Å². The van der Waals surface area contributed by atoms with E-state index in [0.717, 1.165) is 4.57 Å². The molecule has 0 aliphatic rings. The average Bonchev–Trinajstić information content (AvgIpc) is 3.29. The second kappa shape index (κ2) is 12.7. The highest BCUT2D eigenvalue weighted by atomic mass is 35.5. The normalized spacial score (nSPS) is 10.9. The zero-order chi connectivity index (χ0) is 29.7. The van der Waals surface area contributed by atoms with Crippen molar-refractivity contribution in [1.29, 1.82) is 0 Å². The van der Waals surface area contributed by atoms with Crippen LogP contribution in [0.3, 0.4) is 0 Å². The fourth-order valence-corrected chi connectivity index (χ4v) is 4.06. The number of H-pyrrole nitrogens is 1. The minimum atomic E-state index is -0.686. The number of nitrogens with zero attached hydrogens (tertiary/aromatic N) is 3. The molecule has 15 heteroatoms. The minimum Gasteiger partial charge on any atom is -0.496 e. The zero-order valence-electron chi connectivity index (χ0n) is 22.1. The number of benzene rings is 2. The summed E-state index contributed by atoms with van der Waals surface area (Å²) >= 11 is 6.57. The monoisotopic (exact) mass is 589 g/mol. The van der Waals surface area contributed by atoms with Crippen LogP contribution in [-0.4, -0.2) is 70.3 Å². The van der Waals surface area contributed by atoms with E-state index in [1.807, 2.05) is 0 Å². The van der Waals surface area contributed by atoms with Gasteiger partial charge in [0.2, 0.25) is 11.7 Å². The summed E-state index contributed by atoms with van der Waals surface area (Å²) in [7, 11) is 2.70. The largest absolute Gasteiger partial charge is 0.496 e. The minimum absolute atomic E-state index is 0.00211. The Morgan fingerprint density at radius 1 is 1.12 bits per heavy atom. The molecule has 0 spiro atoms. The first-order chi connectivity index (χ1) is 19.7. The van der Waals surface area contributed by atoms with Gasteiger partial charge in [0.25, 0.3) is 5.91 Å². The van der Waals surface area contributed by atoms with E-state index in [2.05, 4.69) is 20.3 Å². The number of ketones is 1. The molecule has 216 valence electrons. The molecule has 0 saturated carbocycles. The number of nitrogens with one attached hydrogen (secondary N) is 2. The maximum Gasteiger partial charge on any atom is 0.332 e. The van der Waals surface area contributed by atoms with Crippen LogP contribution in [0.5, 0.6) is 23.1 Å². The number of hydrogen-bond acceptors (Lipinski definition) is 10. The van der Waals surface area contributed by atoms with E-state index in [1.54, 1.807) is 6.07 Å². The summed E-state index contributed by atoms with van der Waals surface area (Å²) in [4.78, 5) is 48.0. The number of hydrogen-bond donors (Lipinski definition) is 3. The molecule has 0 aliphatic heterocycles. The highest BCUT2D eigenvalue weighted by Gasteiger charge is 2.23. The third kappa shape index (κ3) is 6.23. The number of carbonyl (C=O) groups is 2. The number of aliphatic hydroxyl groups excluding tert-OH is 1. The number of amides is 1. The van der Waals surface area contributed by atoms with Crippen molar-refractivity contribution in [2.75, 3.05) is 34.0 Å². The highest BCUT2D eigenvalue weighted by molar-refractivity contribution is 6.32. The first-order valence-electron chi connectivity index (χ1n) is 12.0. The fourth-order valence-electron chi connectivity index (χ4n) is 3.82. The molecule has 2 heterocycles. The van der Waals surface area contributed by atoms with Gasteiger partial charge in [-0.3, -0.25) is 14.6 Å². The number of halogens is 2. The number of aromatic nitrogens is 4. The summed E-state index contributed by atoms with van der Waals surface area (Å²) in [6.45, 7) is 0.236. The predicted molar refractivity (Wildman–Crippen MR) is 144 cm³/mol. The molecular weight excluding hydrogens is 565 g/mol. The second-order valence-electron chi connectivity index (χ2n) is 8.40. The number of carbonyl (C=O) groups excluding carboxylic acids is 2. The molecule has 2 aromatic heterocycles. The zero-order valence-corrected chi connectivity index (χ0v) is 22.9. The van der Waals surface area contributed by atoms with Crippen LogP contribution in [0.15, 0.2) is 35.1 Å². The lowest BCUT2D eigenvalue weighted by atomic mass is 10.2. The van der Waals surface area contributed by atoms with Gasteiger partial charge in [-0.25, -0.2) is 18.7 Å². The maximum atomic E-state index is 14.6. The van der Waals surface area contributed by atoms with Gasteiger partial charge in [0, 0.05) is 25.6 Å². The molecular formula is C26H25ClFN5O8. The van der Waals surface area contributed by atoms with Crippen molar-refractivity contribution in [2.45, 2.75) is 13.5 Å². The Bertz CT molecular complexity index is 1670. The molecule has 0 atom stereocenters. The van der Waals surface area contributed by atoms with Gasteiger partial charge in [0.05, 0.1) is 37.1 Å². The predicted octanol–water partition coefficient (Wildman–Crippen LogP) is 2.19.